The molecular weight excluding hydrogens is 226 g/mol. The highest BCUT2D eigenvalue weighted by Gasteiger charge is 2.23. The zero-order chi connectivity index (χ0) is 13.0. The molecule has 1 saturated heterocycles. The Morgan fingerprint density at radius 3 is 2.83 bits per heavy atom. The number of rotatable bonds is 4. The summed E-state index contributed by atoms with van der Waals surface area (Å²) in [4.78, 5) is 12.9. The summed E-state index contributed by atoms with van der Waals surface area (Å²) in [6.45, 7) is 4.71. The van der Waals surface area contributed by atoms with Gasteiger partial charge in [-0.2, -0.15) is 0 Å². The minimum atomic E-state index is -0.855. The van der Waals surface area contributed by atoms with E-state index in [0.717, 1.165) is 31.6 Å². The summed E-state index contributed by atoms with van der Waals surface area (Å²) in [5, 5.41) is 8.69. The maximum atomic E-state index is 10.6. The molecule has 18 heavy (non-hydrogen) atoms. The van der Waals surface area contributed by atoms with E-state index >= 15 is 0 Å². The van der Waals surface area contributed by atoms with Crippen LogP contribution in [0.3, 0.4) is 0 Å². The molecule has 0 amide bonds. The third kappa shape index (κ3) is 3.44. The summed E-state index contributed by atoms with van der Waals surface area (Å²) < 4.78 is 0. The first-order valence-electron chi connectivity index (χ1n) is 6.32. The van der Waals surface area contributed by atoms with Crippen LogP contribution in [0.5, 0.6) is 0 Å². The Labute approximate surface area is 108 Å². The molecule has 1 unspecified atom stereocenters. The van der Waals surface area contributed by atoms with Gasteiger partial charge in [0.25, 0.3) is 0 Å². The van der Waals surface area contributed by atoms with E-state index in [1.807, 2.05) is 13.0 Å². The van der Waals surface area contributed by atoms with E-state index in [1.165, 1.54) is 11.6 Å². The minimum Gasteiger partial charge on any atom is -0.478 e. The zero-order valence-corrected chi connectivity index (χ0v) is 10.7. The summed E-state index contributed by atoms with van der Waals surface area (Å²) in [6, 6.07) is 10.5. The summed E-state index contributed by atoms with van der Waals surface area (Å²) in [5.41, 5.74) is 2.30. The molecular formula is C15H19NO2. The third-order valence-corrected chi connectivity index (χ3v) is 3.39. The second kappa shape index (κ2) is 5.83. The predicted octanol–water partition coefficient (Wildman–Crippen LogP) is 2.51. The molecule has 0 radical (unpaired) electrons. The molecule has 3 heteroatoms. The Morgan fingerprint density at radius 2 is 2.17 bits per heavy atom. The molecule has 0 spiro atoms. The molecule has 1 atom stereocenters. The molecule has 3 nitrogen and oxygen atoms in total. The quantitative estimate of drug-likeness (QED) is 0.829. The minimum absolute atomic E-state index is 0.587. The van der Waals surface area contributed by atoms with E-state index < -0.39 is 5.97 Å². The van der Waals surface area contributed by atoms with Crippen LogP contribution < -0.4 is 0 Å². The highest BCUT2D eigenvalue weighted by molar-refractivity contribution is 5.80. The average molecular weight is 245 g/mol. The van der Waals surface area contributed by atoms with Gasteiger partial charge in [0, 0.05) is 19.2 Å². The van der Waals surface area contributed by atoms with Gasteiger partial charge in [-0.3, -0.25) is 4.90 Å². The highest BCUT2D eigenvalue weighted by Crippen LogP contribution is 2.27. The molecule has 1 heterocycles. The lowest BCUT2D eigenvalue weighted by molar-refractivity contribution is -0.131. The Bertz CT molecular complexity index is 439. The molecule has 0 saturated carbocycles. The first-order chi connectivity index (χ1) is 8.65. The fraction of sp³-hybridized carbons (Fsp3) is 0.400. The van der Waals surface area contributed by atoms with Crippen LogP contribution in [0.1, 0.15) is 24.8 Å². The monoisotopic (exact) mass is 245 g/mol. The Balaban J connectivity index is 1.91. The van der Waals surface area contributed by atoms with Gasteiger partial charge in [-0.15, -0.1) is 0 Å². The van der Waals surface area contributed by atoms with Gasteiger partial charge in [-0.05, 0) is 31.4 Å². The number of likely N-dealkylation sites (tertiary alicyclic amines) is 1. The van der Waals surface area contributed by atoms with Gasteiger partial charge in [0.1, 0.15) is 0 Å². The number of aliphatic carboxylic acids is 1. The smallest absolute Gasteiger partial charge is 0.328 e. The first kappa shape index (κ1) is 12.8. The summed E-state index contributed by atoms with van der Waals surface area (Å²) in [7, 11) is 0. The molecule has 0 bridgehead atoms. The summed E-state index contributed by atoms with van der Waals surface area (Å²) in [6.07, 6.45) is 2.46. The van der Waals surface area contributed by atoms with Gasteiger partial charge in [0.15, 0.2) is 0 Å². The number of carbonyl (C=O) groups is 1. The Kier molecular flexibility index (Phi) is 4.15. The van der Waals surface area contributed by atoms with E-state index in [4.69, 9.17) is 5.11 Å². The number of carboxylic acid groups (broad SMARTS) is 1. The largest absolute Gasteiger partial charge is 0.478 e. The number of hydrogen-bond donors (Lipinski definition) is 1. The molecule has 96 valence electrons. The van der Waals surface area contributed by atoms with E-state index in [9.17, 15) is 4.79 Å². The molecule has 1 aliphatic rings. The van der Waals surface area contributed by atoms with Crippen LogP contribution in [0.15, 0.2) is 42.0 Å². The standard InChI is InChI=1S/C15H19NO2/c1-12(9-15(17)18)10-16-8-7-14(11-16)13-5-3-2-4-6-13/h2-6,9,14H,7-8,10-11H2,1H3,(H,17,18). The first-order valence-corrected chi connectivity index (χ1v) is 6.32. The van der Waals surface area contributed by atoms with Crippen molar-refractivity contribution in [2.24, 2.45) is 0 Å². The van der Waals surface area contributed by atoms with Crippen LogP contribution in [-0.2, 0) is 4.79 Å². The van der Waals surface area contributed by atoms with Crippen LogP contribution in [0.4, 0.5) is 0 Å². The molecule has 1 fully saturated rings. The highest BCUT2D eigenvalue weighted by atomic mass is 16.4. The molecule has 2 rings (SSSR count). The van der Waals surface area contributed by atoms with E-state index in [-0.39, 0.29) is 0 Å². The van der Waals surface area contributed by atoms with Gasteiger partial charge >= 0.3 is 5.97 Å². The molecule has 1 aromatic carbocycles. The zero-order valence-electron chi connectivity index (χ0n) is 10.7. The van der Waals surface area contributed by atoms with Crippen molar-refractivity contribution in [2.45, 2.75) is 19.3 Å². The summed E-state index contributed by atoms with van der Waals surface area (Å²) in [5.74, 6) is -0.268. The summed E-state index contributed by atoms with van der Waals surface area (Å²) >= 11 is 0. The second-order valence-electron chi connectivity index (χ2n) is 4.96. The van der Waals surface area contributed by atoms with Crippen LogP contribution in [0.2, 0.25) is 0 Å². The Morgan fingerprint density at radius 1 is 1.44 bits per heavy atom. The van der Waals surface area contributed by atoms with Gasteiger partial charge in [-0.25, -0.2) is 4.79 Å². The maximum Gasteiger partial charge on any atom is 0.328 e. The molecule has 1 aliphatic heterocycles. The van der Waals surface area contributed by atoms with Crippen molar-refractivity contribution >= 4 is 5.97 Å². The van der Waals surface area contributed by atoms with Gasteiger partial charge in [0.05, 0.1) is 0 Å². The topological polar surface area (TPSA) is 40.5 Å². The van der Waals surface area contributed by atoms with Crippen molar-refractivity contribution in [1.82, 2.24) is 4.90 Å². The van der Waals surface area contributed by atoms with Crippen LogP contribution >= 0.6 is 0 Å². The fourth-order valence-electron chi connectivity index (χ4n) is 2.58. The van der Waals surface area contributed by atoms with Gasteiger partial charge in [0.2, 0.25) is 0 Å². The third-order valence-electron chi connectivity index (χ3n) is 3.39. The van der Waals surface area contributed by atoms with Crippen LogP contribution in [0.25, 0.3) is 0 Å². The van der Waals surface area contributed by atoms with Crippen molar-refractivity contribution < 1.29 is 9.90 Å². The lowest BCUT2D eigenvalue weighted by atomic mass is 9.99. The molecule has 1 N–H and O–H groups in total. The molecule has 1 aromatic rings. The van der Waals surface area contributed by atoms with E-state index in [0.29, 0.717) is 5.92 Å². The van der Waals surface area contributed by atoms with Crippen molar-refractivity contribution in [2.75, 3.05) is 19.6 Å². The second-order valence-corrected chi connectivity index (χ2v) is 4.96. The van der Waals surface area contributed by atoms with Gasteiger partial charge in [-0.1, -0.05) is 35.9 Å². The average Bonchev–Trinajstić information content (AvgIpc) is 2.77. The lowest BCUT2D eigenvalue weighted by Gasteiger charge is -2.16. The number of nitrogens with zero attached hydrogens (tertiary/aromatic N) is 1. The molecule has 0 aliphatic carbocycles. The van der Waals surface area contributed by atoms with Crippen molar-refractivity contribution in [3.8, 4) is 0 Å². The predicted molar refractivity (Wildman–Crippen MR) is 71.6 cm³/mol. The van der Waals surface area contributed by atoms with Crippen molar-refractivity contribution in [3.05, 3.63) is 47.5 Å². The molecule has 0 aromatic heterocycles. The van der Waals surface area contributed by atoms with Crippen molar-refractivity contribution in [1.29, 1.82) is 0 Å². The van der Waals surface area contributed by atoms with Crippen LogP contribution in [0, 0.1) is 0 Å². The van der Waals surface area contributed by atoms with E-state index in [2.05, 4.69) is 29.2 Å². The number of benzene rings is 1. The van der Waals surface area contributed by atoms with Crippen LogP contribution in [-0.4, -0.2) is 35.6 Å². The fourth-order valence-corrected chi connectivity index (χ4v) is 2.58. The van der Waals surface area contributed by atoms with E-state index in [1.54, 1.807) is 0 Å². The normalized spacial score (nSPS) is 21.2. The maximum absolute atomic E-state index is 10.6. The van der Waals surface area contributed by atoms with Crippen molar-refractivity contribution in [3.63, 3.8) is 0 Å². The Hall–Kier alpha value is -1.61. The SMILES string of the molecule is CC(=CC(=O)O)CN1CCC(c2ccccc2)C1. The van der Waals surface area contributed by atoms with Gasteiger partial charge < -0.3 is 5.11 Å². The number of hydrogen-bond acceptors (Lipinski definition) is 2. The lowest BCUT2D eigenvalue weighted by Crippen LogP contribution is -2.22. The number of carboxylic acids is 1.